The minimum absolute atomic E-state index is 0. The van der Waals surface area contributed by atoms with Gasteiger partial charge in [0.25, 0.3) is 0 Å². The average molecular weight is 838 g/mol. The smallest absolute Gasteiger partial charge is 0.691 e. The summed E-state index contributed by atoms with van der Waals surface area (Å²) < 4.78 is 39.0. The summed E-state index contributed by atoms with van der Waals surface area (Å²) in [7, 11) is 2.44. The van der Waals surface area contributed by atoms with E-state index in [1.807, 2.05) is 24.3 Å². The number of nitrogens with one attached hydrogen (secondary N) is 2. The Kier molecular flexibility index (Phi) is 18.2. The molecule has 5 aromatic rings. The molecule has 274 valence electrons. The molecule has 0 unspecified atom stereocenters. The SMILES string of the molecule is C[N+](C)(C)c1ccc(Nc2nc(Cl)nc(Nc3ccc4cc(SOO[O-])c(N=Nc5ccc(S(=O)(=O)CCOSOO[O-])cc5)c(O)c4c3)n2)cc1.[Na+].[Na+]. The van der Waals surface area contributed by atoms with Crippen molar-refractivity contribution in [2.75, 3.05) is 44.1 Å². The summed E-state index contributed by atoms with van der Waals surface area (Å²) in [6.45, 7) is -0.278. The summed E-state index contributed by atoms with van der Waals surface area (Å²) in [6, 6.07) is 19.8. The van der Waals surface area contributed by atoms with Gasteiger partial charge in [0.1, 0.15) is 11.4 Å². The van der Waals surface area contributed by atoms with Crippen molar-refractivity contribution in [2.45, 2.75) is 9.79 Å². The van der Waals surface area contributed by atoms with Gasteiger partial charge in [-0.15, -0.1) is 9.45 Å². The number of hydrogen-bond donors (Lipinski definition) is 3. The summed E-state index contributed by atoms with van der Waals surface area (Å²) in [5, 5.41) is 53.6. The van der Waals surface area contributed by atoms with Crippen molar-refractivity contribution in [3.8, 4) is 5.75 Å². The first-order chi connectivity index (χ1) is 24.9. The number of nitrogens with zero attached hydrogens (tertiary/aromatic N) is 6. The molecule has 0 bridgehead atoms. The minimum Gasteiger partial charge on any atom is -0.691 e. The Hall–Kier alpha value is -2.23. The largest absolute Gasteiger partial charge is 1.00 e. The van der Waals surface area contributed by atoms with E-state index in [4.69, 9.17) is 15.8 Å². The van der Waals surface area contributed by atoms with Gasteiger partial charge in [-0.2, -0.15) is 24.4 Å². The van der Waals surface area contributed by atoms with E-state index in [0.717, 1.165) is 11.4 Å². The fourth-order valence-corrected chi connectivity index (χ4v) is 6.56. The second-order valence-corrected chi connectivity index (χ2v) is 15.0. The molecule has 0 fully saturated rings. The molecule has 0 spiro atoms. The molecule has 54 heavy (non-hydrogen) atoms. The van der Waals surface area contributed by atoms with Crippen LogP contribution in [0.2, 0.25) is 5.28 Å². The topological polar surface area (TPSA) is 234 Å². The quantitative estimate of drug-likeness (QED) is 0.0200. The fraction of sp³-hybridized carbons (Fsp3) is 0.167. The maximum Gasteiger partial charge on any atom is 1.00 e. The van der Waals surface area contributed by atoms with E-state index in [9.17, 15) is 24.0 Å². The number of phenolic OH excluding ortho intramolecular Hbond substituents is 1. The van der Waals surface area contributed by atoms with Crippen LogP contribution in [-0.4, -0.2) is 62.0 Å². The monoisotopic (exact) mass is 837 g/mol. The molecule has 1 aromatic heterocycles. The number of hydrogen-bond acceptors (Lipinski definition) is 19. The van der Waals surface area contributed by atoms with Crippen molar-refractivity contribution < 1.29 is 106 Å². The summed E-state index contributed by atoms with van der Waals surface area (Å²) in [5.41, 5.74) is 2.47. The molecule has 0 atom stereocenters. The van der Waals surface area contributed by atoms with E-state index in [2.05, 4.69) is 75.7 Å². The normalized spacial score (nSPS) is 11.7. The van der Waals surface area contributed by atoms with Gasteiger partial charge in [0, 0.05) is 28.9 Å². The first kappa shape index (κ1) is 46.2. The van der Waals surface area contributed by atoms with E-state index in [0.29, 0.717) is 33.0 Å². The maximum atomic E-state index is 12.6. The van der Waals surface area contributed by atoms with Crippen LogP contribution < -0.4 is 84.7 Å². The number of quaternary nitrogens is 1. The molecule has 5 rings (SSSR count). The zero-order valence-electron chi connectivity index (χ0n) is 29.2. The van der Waals surface area contributed by atoms with Crippen LogP contribution >= 0.6 is 36.0 Å². The maximum absolute atomic E-state index is 12.6. The van der Waals surface area contributed by atoms with Gasteiger partial charge in [0.05, 0.1) is 61.0 Å². The van der Waals surface area contributed by atoms with Crippen molar-refractivity contribution in [3.05, 3.63) is 78.1 Å². The Morgan fingerprint density at radius 3 is 2.11 bits per heavy atom. The van der Waals surface area contributed by atoms with Gasteiger partial charge in [-0.3, -0.25) is 18.7 Å². The predicted octanol–water partition coefficient (Wildman–Crippen LogP) is -0.701. The number of anilines is 4. The van der Waals surface area contributed by atoms with Crippen LogP contribution in [0, 0.1) is 0 Å². The summed E-state index contributed by atoms with van der Waals surface area (Å²) in [4.78, 5) is 12.9. The molecule has 24 heteroatoms. The number of fused-ring (bicyclic) bond motifs is 1. The van der Waals surface area contributed by atoms with Crippen LogP contribution in [0.15, 0.2) is 92.8 Å². The average Bonchev–Trinajstić information content (AvgIpc) is 3.10. The Morgan fingerprint density at radius 2 is 1.48 bits per heavy atom. The van der Waals surface area contributed by atoms with Gasteiger partial charge >= 0.3 is 59.1 Å². The molecule has 0 radical (unpaired) electrons. The predicted molar refractivity (Wildman–Crippen MR) is 189 cm³/mol. The van der Waals surface area contributed by atoms with E-state index in [-0.39, 0.29) is 122 Å². The second kappa shape index (κ2) is 21.3. The Labute approximate surface area is 367 Å². The molecule has 0 aliphatic heterocycles. The van der Waals surface area contributed by atoms with Crippen LogP contribution in [0.4, 0.5) is 40.3 Å². The van der Waals surface area contributed by atoms with Gasteiger partial charge in [0.2, 0.25) is 17.2 Å². The van der Waals surface area contributed by atoms with Crippen molar-refractivity contribution >= 4 is 96.9 Å². The van der Waals surface area contributed by atoms with Crippen LogP contribution in [-0.2, 0) is 32.8 Å². The standard InChI is InChI=1S/C30H29ClN8O10S3.2Na/c1-39(2,3)22-10-6-19(7-11-22)32-29-34-28(31)35-30(36-29)33-21-5-4-18-16-25(50-48-46-41)26(27(40)24(18)17-21)38-37-20-8-12-23(13-9-20)52(43,44)15-14-45-51-49-47-42;;/h4-13,16-17H,14-15H2,1-3H3,(H4-,32,33,34,35,36,40,41,42);;/q;2*+1/p-1. The molecule has 18 nitrogen and oxygen atoms in total. The van der Waals surface area contributed by atoms with Gasteiger partial charge < -0.3 is 26.3 Å². The zero-order valence-corrected chi connectivity index (χ0v) is 36.5. The van der Waals surface area contributed by atoms with Crippen LogP contribution in [0.5, 0.6) is 5.75 Å². The number of sulfone groups is 1. The summed E-state index contributed by atoms with van der Waals surface area (Å²) in [6.07, 6.45) is 0. The third-order valence-corrected chi connectivity index (χ3v) is 9.82. The molecular formula is C30H28ClN8Na2O10S3+. The van der Waals surface area contributed by atoms with Crippen molar-refractivity contribution in [3.63, 3.8) is 0 Å². The van der Waals surface area contributed by atoms with Crippen LogP contribution in [0.3, 0.4) is 0 Å². The third-order valence-electron chi connectivity index (χ3n) is 6.97. The van der Waals surface area contributed by atoms with E-state index in [1.165, 1.54) is 24.3 Å². The molecule has 0 saturated carbocycles. The van der Waals surface area contributed by atoms with E-state index < -0.39 is 15.6 Å². The van der Waals surface area contributed by atoms with Crippen molar-refractivity contribution in [1.29, 1.82) is 0 Å². The fourth-order valence-electron chi connectivity index (χ4n) is 4.50. The van der Waals surface area contributed by atoms with E-state index >= 15 is 0 Å². The molecule has 0 saturated heterocycles. The van der Waals surface area contributed by atoms with E-state index in [1.54, 1.807) is 24.3 Å². The molecule has 0 aliphatic rings. The zero-order chi connectivity index (χ0) is 37.3. The second-order valence-electron chi connectivity index (χ2n) is 11.3. The Morgan fingerprint density at radius 1 is 0.852 bits per heavy atom. The van der Waals surface area contributed by atoms with Gasteiger partial charge in [0.15, 0.2) is 27.9 Å². The molecular weight excluding hydrogens is 810 g/mol. The Balaban J connectivity index is 0.00000392. The van der Waals surface area contributed by atoms with Crippen LogP contribution in [0.1, 0.15) is 0 Å². The Bertz CT molecular complexity index is 2160. The van der Waals surface area contributed by atoms with Gasteiger partial charge in [-0.05, 0) is 71.6 Å². The first-order valence-corrected chi connectivity index (χ1v) is 18.1. The number of benzene rings is 4. The third kappa shape index (κ3) is 12.9. The molecule has 0 aliphatic carbocycles. The summed E-state index contributed by atoms with van der Waals surface area (Å²) in [5.74, 6) is -0.404. The molecule has 1 heterocycles. The molecule has 0 amide bonds. The molecule has 3 N–H and O–H groups in total. The number of aromatic hydroxyl groups is 1. The van der Waals surface area contributed by atoms with Crippen molar-refractivity contribution in [2.24, 2.45) is 10.2 Å². The first-order valence-electron chi connectivity index (χ1n) is 14.7. The van der Waals surface area contributed by atoms with Crippen LogP contribution in [0.25, 0.3) is 10.8 Å². The number of phenols is 1. The number of halogens is 1. The molecule has 4 aromatic carbocycles. The summed E-state index contributed by atoms with van der Waals surface area (Å²) >= 11 is 6.92. The minimum atomic E-state index is -3.75. The number of rotatable bonds is 17. The van der Waals surface area contributed by atoms with Crippen molar-refractivity contribution in [1.82, 2.24) is 19.4 Å². The number of aromatic nitrogens is 3. The number of azo groups is 1. The van der Waals surface area contributed by atoms with Gasteiger partial charge in [-0.25, -0.2) is 8.42 Å². The van der Waals surface area contributed by atoms with Gasteiger partial charge in [-0.1, -0.05) is 6.07 Å².